The highest BCUT2D eigenvalue weighted by Gasteiger charge is 2.26. The van der Waals surface area contributed by atoms with Gasteiger partial charge in [0.15, 0.2) is 0 Å². The van der Waals surface area contributed by atoms with Crippen molar-refractivity contribution in [1.82, 2.24) is 24.9 Å². The predicted octanol–water partition coefficient (Wildman–Crippen LogP) is 3.15. The maximum atomic E-state index is 13.3. The van der Waals surface area contributed by atoms with Crippen molar-refractivity contribution in [2.24, 2.45) is 5.73 Å². The van der Waals surface area contributed by atoms with Gasteiger partial charge in [0.25, 0.3) is 0 Å². The number of nitrogens with one attached hydrogen (secondary N) is 1. The van der Waals surface area contributed by atoms with Crippen LogP contribution < -0.4 is 20.9 Å². The van der Waals surface area contributed by atoms with E-state index in [9.17, 15) is 9.50 Å². The zero-order chi connectivity index (χ0) is 26.7. The SMILES string of the molecule is CC(O)c1ccc(Nc2ncnc(N3CCN(c4ncc([C@@](C)(N)c5ccc(F)cc5)cn4)CC3)n2)cc1. The van der Waals surface area contributed by atoms with Crippen LogP contribution in [0, 0.1) is 5.82 Å². The molecule has 0 spiro atoms. The van der Waals surface area contributed by atoms with Gasteiger partial charge in [-0.15, -0.1) is 0 Å². The first-order valence-corrected chi connectivity index (χ1v) is 12.4. The van der Waals surface area contributed by atoms with E-state index in [0.29, 0.717) is 44.0 Å². The van der Waals surface area contributed by atoms with Crippen molar-refractivity contribution in [3.63, 3.8) is 0 Å². The van der Waals surface area contributed by atoms with Crippen LogP contribution in [-0.4, -0.2) is 56.2 Å². The van der Waals surface area contributed by atoms with Gasteiger partial charge in [0, 0.05) is 49.8 Å². The Morgan fingerprint density at radius 2 is 1.47 bits per heavy atom. The molecular weight excluding hydrogens is 485 g/mol. The number of nitrogens with zero attached hydrogens (tertiary/aromatic N) is 7. The molecule has 1 aliphatic heterocycles. The summed E-state index contributed by atoms with van der Waals surface area (Å²) in [7, 11) is 0. The summed E-state index contributed by atoms with van der Waals surface area (Å²) >= 11 is 0. The topological polar surface area (TPSA) is 129 Å². The molecule has 2 aromatic heterocycles. The van der Waals surface area contributed by atoms with Crippen LogP contribution in [-0.2, 0) is 5.54 Å². The van der Waals surface area contributed by atoms with Crippen LogP contribution in [0.15, 0.2) is 67.3 Å². The normalized spacial score (nSPS) is 16.1. The first kappa shape index (κ1) is 25.4. The summed E-state index contributed by atoms with van der Waals surface area (Å²) in [6.07, 6.45) is 4.44. The van der Waals surface area contributed by atoms with E-state index >= 15 is 0 Å². The molecule has 5 rings (SSSR count). The van der Waals surface area contributed by atoms with E-state index in [4.69, 9.17) is 5.73 Å². The van der Waals surface area contributed by atoms with Crippen LogP contribution in [0.2, 0.25) is 0 Å². The Hall–Kier alpha value is -4.22. The molecule has 10 nitrogen and oxygen atoms in total. The summed E-state index contributed by atoms with van der Waals surface area (Å²) in [5.41, 5.74) is 8.90. The number of rotatable bonds is 7. The first-order chi connectivity index (χ1) is 18.3. The van der Waals surface area contributed by atoms with Gasteiger partial charge in [0.1, 0.15) is 12.1 Å². The number of halogens is 1. The van der Waals surface area contributed by atoms with Crippen molar-refractivity contribution in [3.05, 3.63) is 89.8 Å². The van der Waals surface area contributed by atoms with Crippen LogP contribution in [0.1, 0.15) is 36.6 Å². The smallest absolute Gasteiger partial charge is 0.231 e. The number of piperazine rings is 1. The summed E-state index contributed by atoms with van der Waals surface area (Å²) in [5.74, 6) is 1.37. The number of aliphatic hydroxyl groups excluding tert-OH is 1. The molecule has 0 radical (unpaired) electrons. The average Bonchev–Trinajstić information content (AvgIpc) is 2.94. The van der Waals surface area contributed by atoms with Crippen molar-refractivity contribution in [1.29, 1.82) is 0 Å². The van der Waals surface area contributed by atoms with E-state index in [2.05, 4.69) is 40.0 Å². The van der Waals surface area contributed by atoms with Gasteiger partial charge >= 0.3 is 0 Å². The summed E-state index contributed by atoms with van der Waals surface area (Å²) in [4.78, 5) is 26.5. The minimum Gasteiger partial charge on any atom is -0.389 e. The molecule has 2 aromatic carbocycles. The van der Waals surface area contributed by atoms with Gasteiger partial charge in [0.05, 0.1) is 11.6 Å². The minimum absolute atomic E-state index is 0.303. The Kier molecular flexibility index (Phi) is 7.12. The fourth-order valence-electron chi connectivity index (χ4n) is 4.30. The van der Waals surface area contributed by atoms with Crippen molar-refractivity contribution >= 4 is 23.5 Å². The Morgan fingerprint density at radius 3 is 2.08 bits per heavy atom. The zero-order valence-electron chi connectivity index (χ0n) is 21.3. The number of anilines is 4. The molecule has 196 valence electrons. The summed E-state index contributed by atoms with van der Waals surface area (Å²) in [6, 6.07) is 13.6. The van der Waals surface area contributed by atoms with Gasteiger partial charge in [-0.3, -0.25) is 0 Å². The number of nitrogens with two attached hydrogens (primary N) is 1. The Bertz CT molecular complexity index is 1350. The molecule has 4 N–H and O–H groups in total. The molecule has 1 aliphatic rings. The van der Waals surface area contributed by atoms with Gasteiger partial charge in [-0.05, 0) is 49.2 Å². The molecule has 0 amide bonds. The van der Waals surface area contributed by atoms with Crippen LogP contribution >= 0.6 is 0 Å². The van der Waals surface area contributed by atoms with Gasteiger partial charge in [0.2, 0.25) is 17.8 Å². The summed E-state index contributed by atoms with van der Waals surface area (Å²) in [6.45, 7) is 6.38. The standard InChI is InChI=1S/C27H30FN9O/c1-18(38)19-3-9-23(10-4-19)34-24-32-17-33-26(35-24)37-13-11-36(12-14-37)25-30-15-21(16-31-25)27(2,29)20-5-7-22(28)8-6-20/h3-10,15-18,38H,11-14,29H2,1-2H3,(H,32,33,34,35)/t18?,27-/m0/s1. The minimum atomic E-state index is -0.839. The number of aliphatic hydroxyl groups is 1. The number of hydrogen-bond donors (Lipinski definition) is 3. The van der Waals surface area contributed by atoms with Gasteiger partial charge in [-0.25, -0.2) is 24.3 Å². The van der Waals surface area contributed by atoms with Crippen molar-refractivity contribution in [3.8, 4) is 0 Å². The highest BCUT2D eigenvalue weighted by atomic mass is 19.1. The molecule has 1 unspecified atom stereocenters. The molecule has 0 bridgehead atoms. The molecule has 1 saturated heterocycles. The molecular formula is C27H30FN9O. The quantitative estimate of drug-likeness (QED) is 0.337. The maximum absolute atomic E-state index is 13.3. The van der Waals surface area contributed by atoms with Gasteiger partial charge in [-0.2, -0.15) is 4.98 Å². The summed E-state index contributed by atoms with van der Waals surface area (Å²) < 4.78 is 13.3. The Balaban J connectivity index is 1.20. The lowest BCUT2D eigenvalue weighted by atomic mass is 9.87. The van der Waals surface area contributed by atoms with Crippen LogP contribution in [0.5, 0.6) is 0 Å². The zero-order valence-corrected chi connectivity index (χ0v) is 21.3. The van der Waals surface area contributed by atoms with E-state index in [1.807, 2.05) is 31.2 Å². The van der Waals surface area contributed by atoms with Gasteiger partial charge < -0.3 is 26.0 Å². The number of benzene rings is 2. The lowest BCUT2D eigenvalue weighted by Gasteiger charge is -2.35. The monoisotopic (exact) mass is 515 g/mol. The van der Waals surface area contributed by atoms with Gasteiger partial charge in [-0.1, -0.05) is 24.3 Å². The number of aromatic nitrogens is 5. The molecule has 2 atom stereocenters. The van der Waals surface area contributed by atoms with Crippen LogP contribution in [0.3, 0.4) is 0 Å². The predicted molar refractivity (Wildman–Crippen MR) is 144 cm³/mol. The molecule has 1 fully saturated rings. The van der Waals surface area contributed by atoms with Crippen molar-refractivity contribution < 1.29 is 9.50 Å². The fraction of sp³-hybridized carbons (Fsp3) is 0.296. The third-order valence-corrected chi connectivity index (χ3v) is 6.74. The Labute approximate surface area is 220 Å². The summed E-state index contributed by atoms with van der Waals surface area (Å²) in [5, 5.41) is 12.9. The highest BCUT2D eigenvalue weighted by Crippen LogP contribution is 2.27. The second-order valence-electron chi connectivity index (χ2n) is 9.49. The molecule has 38 heavy (non-hydrogen) atoms. The molecule has 0 aliphatic carbocycles. The second kappa shape index (κ2) is 10.6. The second-order valence-corrected chi connectivity index (χ2v) is 9.49. The van der Waals surface area contributed by atoms with Crippen molar-refractivity contribution in [2.75, 3.05) is 41.3 Å². The lowest BCUT2D eigenvalue weighted by molar-refractivity contribution is 0.199. The molecule has 11 heteroatoms. The molecule has 0 saturated carbocycles. The maximum Gasteiger partial charge on any atom is 0.231 e. The molecule has 4 aromatic rings. The number of hydrogen-bond acceptors (Lipinski definition) is 10. The third kappa shape index (κ3) is 5.53. The van der Waals surface area contributed by atoms with E-state index in [-0.39, 0.29) is 5.82 Å². The molecule has 3 heterocycles. The van der Waals surface area contributed by atoms with E-state index in [1.54, 1.807) is 31.5 Å². The average molecular weight is 516 g/mol. The van der Waals surface area contributed by atoms with Crippen molar-refractivity contribution in [2.45, 2.75) is 25.5 Å². The van der Waals surface area contributed by atoms with Crippen LogP contribution in [0.25, 0.3) is 0 Å². The fourth-order valence-corrected chi connectivity index (χ4v) is 4.30. The highest BCUT2D eigenvalue weighted by molar-refractivity contribution is 5.54. The third-order valence-electron chi connectivity index (χ3n) is 6.74. The largest absolute Gasteiger partial charge is 0.389 e. The van der Waals surface area contributed by atoms with Crippen LogP contribution in [0.4, 0.5) is 27.9 Å². The van der Waals surface area contributed by atoms with E-state index < -0.39 is 11.6 Å². The van der Waals surface area contributed by atoms with E-state index in [0.717, 1.165) is 22.4 Å². The lowest BCUT2D eigenvalue weighted by Crippen LogP contribution is -2.47. The van der Waals surface area contributed by atoms with E-state index in [1.165, 1.54) is 18.5 Å². The Morgan fingerprint density at radius 1 is 0.868 bits per heavy atom. The first-order valence-electron chi connectivity index (χ1n) is 12.4.